The van der Waals surface area contributed by atoms with Crippen molar-refractivity contribution in [3.8, 4) is 11.4 Å². The Bertz CT molecular complexity index is 622. The molecule has 106 valence electrons. The zero-order valence-electron chi connectivity index (χ0n) is 11.6. The van der Waals surface area contributed by atoms with E-state index >= 15 is 0 Å². The molecule has 0 amide bonds. The molecular formula is C15H19N3OS. The average molecular weight is 289 g/mol. The maximum atomic E-state index is 11.4. The highest BCUT2D eigenvalue weighted by Crippen LogP contribution is 2.24. The van der Waals surface area contributed by atoms with Crippen LogP contribution in [0, 0.1) is 0 Å². The van der Waals surface area contributed by atoms with Crippen molar-refractivity contribution in [2.24, 2.45) is 0 Å². The minimum absolute atomic E-state index is 0.677. The highest BCUT2D eigenvalue weighted by Gasteiger charge is 2.20. The number of nitrogens with zero attached hydrogens (tertiary/aromatic N) is 2. The highest BCUT2D eigenvalue weighted by atomic mass is 32.2. The van der Waals surface area contributed by atoms with Crippen molar-refractivity contribution < 1.29 is 4.21 Å². The molecule has 4 nitrogen and oxygen atoms in total. The molecule has 1 aliphatic rings. The molecule has 20 heavy (non-hydrogen) atoms. The van der Waals surface area contributed by atoms with Gasteiger partial charge in [-0.1, -0.05) is 30.3 Å². The molecule has 1 aliphatic heterocycles. The number of imidazole rings is 1. The van der Waals surface area contributed by atoms with Crippen LogP contribution >= 0.6 is 0 Å². The van der Waals surface area contributed by atoms with Gasteiger partial charge in [-0.2, -0.15) is 0 Å². The third-order valence-electron chi connectivity index (χ3n) is 3.62. The van der Waals surface area contributed by atoms with Crippen LogP contribution < -0.4 is 5.32 Å². The Hall–Kier alpha value is -1.46. The topological polar surface area (TPSA) is 46.9 Å². The molecule has 0 saturated heterocycles. The molecular weight excluding hydrogens is 270 g/mol. The number of aromatic nitrogens is 2. The maximum absolute atomic E-state index is 11.4. The van der Waals surface area contributed by atoms with Crippen molar-refractivity contribution in [3.63, 3.8) is 0 Å². The van der Waals surface area contributed by atoms with Gasteiger partial charge >= 0.3 is 0 Å². The summed E-state index contributed by atoms with van der Waals surface area (Å²) in [6, 6.07) is 10.2. The van der Waals surface area contributed by atoms with Gasteiger partial charge in [0.1, 0.15) is 5.82 Å². The molecule has 0 aliphatic carbocycles. The van der Waals surface area contributed by atoms with E-state index in [0.717, 1.165) is 43.1 Å². The lowest BCUT2D eigenvalue weighted by molar-refractivity contribution is 0.598. The Labute approximate surface area is 121 Å². The lowest BCUT2D eigenvalue weighted by Gasteiger charge is -2.16. The van der Waals surface area contributed by atoms with Crippen LogP contribution in [0.5, 0.6) is 0 Å². The van der Waals surface area contributed by atoms with Crippen molar-refractivity contribution in [3.05, 3.63) is 41.7 Å². The summed E-state index contributed by atoms with van der Waals surface area (Å²) in [5.41, 5.74) is 3.56. The predicted octanol–water partition coefficient (Wildman–Crippen LogP) is 1.57. The molecule has 3 rings (SSSR count). The number of benzene rings is 1. The Balaban J connectivity index is 2.03. The molecule has 1 aromatic carbocycles. The molecule has 0 spiro atoms. The second-order valence-electron chi connectivity index (χ2n) is 5.05. The first-order valence-electron chi connectivity index (χ1n) is 6.90. The molecule has 1 atom stereocenters. The van der Waals surface area contributed by atoms with Gasteiger partial charge in [0, 0.05) is 60.1 Å². The van der Waals surface area contributed by atoms with Crippen LogP contribution in [0.25, 0.3) is 11.4 Å². The number of fused-ring (bicyclic) bond motifs is 1. The first-order valence-corrected chi connectivity index (χ1v) is 8.63. The highest BCUT2D eigenvalue weighted by molar-refractivity contribution is 7.84. The van der Waals surface area contributed by atoms with E-state index in [1.165, 1.54) is 5.69 Å². The van der Waals surface area contributed by atoms with Crippen LogP contribution in [0.1, 0.15) is 11.4 Å². The maximum Gasteiger partial charge on any atom is 0.140 e. The zero-order valence-corrected chi connectivity index (χ0v) is 12.4. The van der Waals surface area contributed by atoms with Crippen molar-refractivity contribution in [1.29, 1.82) is 0 Å². The number of hydrogen-bond acceptors (Lipinski definition) is 3. The molecule has 0 saturated carbocycles. The minimum Gasteiger partial charge on any atom is -0.327 e. The van der Waals surface area contributed by atoms with Crippen molar-refractivity contribution in [1.82, 2.24) is 14.9 Å². The SMILES string of the molecule is CS(=O)CCn1c(-c2ccccc2)nc2c1CCNC2. The smallest absolute Gasteiger partial charge is 0.140 e. The van der Waals surface area contributed by atoms with Gasteiger partial charge in [0.15, 0.2) is 0 Å². The summed E-state index contributed by atoms with van der Waals surface area (Å²) in [6.07, 6.45) is 2.75. The summed E-state index contributed by atoms with van der Waals surface area (Å²) in [4.78, 5) is 4.80. The molecule has 0 fully saturated rings. The van der Waals surface area contributed by atoms with E-state index in [0.29, 0.717) is 5.75 Å². The summed E-state index contributed by atoms with van der Waals surface area (Å²) >= 11 is 0. The molecule has 2 heterocycles. The summed E-state index contributed by atoms with van der Waals surface area (Å²) in [6.45, 7) is 2.59. The molecule has 0 bridgehead atoms. The van der Waals surface area contributed by atoms with Crippen LogP contribution in [0.3, 0.4) is 0 Å². The fourth-order valence-electron chi connectivity index (χ4n) is 2.64. The van der Waals surface area contributed by atoms with Gasteiger partial charge in [-0.15, -0.1) is 0 Å². The molecule has 1 unspecified atom stereocenters. The Morgan fingerprint density at radius 1 is 1.35 bits per heavy atom. The molecule has 5 heteroatoms. The number of hydrogen-bond donors (Lipinski definition) is 1. The lowest BCUT2D eigenvalue weighted by Crippen LogP contribution is -2.25. The van der Waals surface area contributed by atoms with E-state index in [1.807, 2.05) is 18.2 Å². The monoisotopic (exact) mass is 289 g/mol. The van der Waals surface area contributed by atoms with Gasteiger partial charge in [0.25, 0.3) is 0 Å². The number of nitrogens with one attached hydrogen (secondary N) is 1. The second-order valence-corrected chi connectivity index (χ2v) is 6.61. The van der Waals surface area contributed by atoms with Gasteiger partial charge in [-0.05, 0) is 0 Å². The van der Waals surface area contributed by atoms with E-state index in [4.69, 9.17) is 4.98 Å². The normalized spacial score (nSPS) is 15.8. The van der Waals surface area contributed by atoms with E-state index in [2.05, 4.69) is 22.0 Å². The van der Waals surface area contributed by atoms with E-state index in [-0.39, 0.29) is 0 Å². The molecule has 1 aromatic heterocycles. The Morgan fingerprint density at radius 2 is 2.15 bits per heavy atom. The predicted molar refractivity (Wildman–Crippen MR) is 82.0 cm³/mol. The van der Waals surface area contributed by atoms with Gasteiger partial charge in [-0.25, -0.2) is 4.98 Å². The quantitative estimate of drug-likeness (QED) is 0.929. The van der Waals surface area contributed by atoms with Crippen LogP contribution in [0.4, 0.5) is 0 Å². The average Bonchev–Trinajstić information content (AvgIpc) is 2.84. The van der Waals surface area contributed by atoms with E-state index in [9.17, 15) is 4.21 Å². The standard InChI is InChI=1S/C15H19N3OS/c1-20(19)10-9-18-14-7-8-16-11-13(14)17-15(18)12-5-3-2-4-6-12/h2-6,16H,7-11H2,1H3. The van der Waals surface area contributed by atoms with Crippen molar-refractivity contribution in [2.45, 2.75) is 19.5 Å². The third-order valence-corrected chi connectivity index (χ3v) is 4.38. The van der Waals surface area contributed by atoms with Gasteiger partial charge in [0.2, 0.25) is 0 Å². The van der Waals surface area contributed by atoms with Crippen LogP contribution in [0.2, 0.25) is 0 Å². The fraction of sp³-hybridized carbons (Fsp3) is 0.400. The van der Waals surface area contributed by atoms with Crippen molar-refractivity contribution >= 4 is 10.8 Å². The zero-order chi connectivity index (χ0) is 13.9. The summed E-state index contributed by atoms with van der Waals surface area (Å²) in [5.74, 6) is 1.68. The van der Waals surface area contributed by atoms with Crippen LogP contribution in [-0.2, 0) is 30.3 Å². The number of rotatable bonds is 4. The van der Waals surface area contributed by atoms with Crippen LogP contribution in [0.15, 0.2) is 30.3 Å². The van der Waals surface area contributed by atoms with E-state index < -0.39 is 10.8 Å². The molecule has 1 N–H and O–H groups in total. The Morgan fingerprint density at radius 3 is 2.90 bits per heavy atom. The van der Waals surface area contributed by atoms with Crippen LogP contribution in [-0.4, -0.2) is 32.3 Å². The summed E-state index contributed by atoms with van der Waals surface area (Å²) < 4.78 is 13.7. The second kappa shape index (κ2) is 5.89. The first-order chi connectivity index (χ1) is 9.75. The fourth-order valence-corrected chi connectivity index (χ4v) is 3.08. The van der Waals surface area contributed by atoms with Crippen molar-refractivity contribution in [2.75, 3.05) is 18.6 Å². The summed E-state index contributed by atoms with van der Waals surface area (Å²) in [5, 5.41) is 3.36. The summed E-state index contributed by atoms with van der Waals surface area (Å²) in [7, 11) is -0.780. The molecule has 0 radical (unpaired) electrons. The van der Waals surface area contributed by atoms with Gasteiger partial charge in [-0.3, -0.25) is 4.21 Å². The first kappa shape index (κ1) is 13.5. The largest absolute Gasteiger partial charge is 0.327 e. The van der Waals surface area contributed by atoms with Gasteiger partial charge in [0.05, 0.1) is 5.69 Å². The Kier molecular flexibility index (Phi) is 3.98. The third kappa shape index (κ3) is 2.69. The lowest BCUT2D eigenvalue weighted by atomic mass is 10.2. The minimum atomic E-state index is -0.780. The molecule has 2 aromatic rings. The van der Waals surface area contributed by atoms with E-state index in [1.54, 1.807) is 6.26 Å². The van der Waals surface area contributed by atoms with Gasteiger partial charge < -0.3 is 9.88 Å².